The largest absolute Gasteiger partial charge is 0.298 e. The number of amides is 1. The standard InChI is InChI=1S/C15H14Cl2N2OS/c1-8-2-5-12-13(6-8)21-15(18-12)19-14(20)10-4-3-9(16)7-11(10)17/h3-4,7-8H,2,5-6H2,1H3,(H,18,19,20)/t8-/m0/s1. The number of nitrogens with one attached hydrogen (secondary N) is 1. The molecule has 6 heteroatoms. The van der Waals surface area contributed by atoms with Crippen LogP contribution in [0.3, 0.4) is 0 Å². The van der Waals surface area contributed by atoms with Gasteiger partial charge in [0.25, 0.3) is 5.91 Å². The first-order valence-electron chi connectivity index (χ1n) is 6.78. The molecule has 0 unspecified atom stereocenters. The molecule has 1 aliphatic carbocycles. The highest BCUT2D eigenvalue weighted by atomic mass is 35.5. The van der Waals surface area contributed by atoms with E-state index in [1.54, 1.807) is 29.5 Å². The van der Waals surface area contributed by atoms with Gasteiger partial charge in [-0.1, -0.05) is 30.1 Å². The molecule has 0 spiro atoms. The quantitative estimate of drug-likeness (QED) is 0.850. The lowest BCUT2D eigenvalue weighted by Gasteiger charge is -2.15. The number of hydrogen-bond donors (Lipinski definition) is 1. The number of carbonyl (C=O) groups is 1. The molecule has 0 radical (unpaired) electrons. The molecule has 1 aliphatic rings. The van der Waals surface area contributed by atoms with Gasteiger partial charge in [-0.2, -0.15) is 0 Å². The fourth-order valence-electron chi connectivity index (χ4n) is 2.43. The van der Waals surface area contributed by atoms with Crippen molar-refractivity contribution in [2.75, 3.05) is 5.32 Å². The second-order valence-electron chi connectivity index (χ2n) is 5.32. The number of halogens is 2. The van der Waals surface area contributed by atoms with Gasteiger partial charge in [-0.3, -0.25) is 10.1 Å². The van der Waals surface area contributed by atoms with Gasteiger partial charge in [0.15, 0.2) is 5.13 Å². The van der Waals surface area contributed by atoms with E-state index in [1.807, 2.05) is 0 Å². The number of benzene rings is 1. The van der Waals surface area contributed by atoms with Crippen LogP contribution in [0.25, 0.3) is 0 Å². The van der Waals surface area contributed by atoms with E-state index in [-0.39, 0.29) is 5.91 Å². The zero-order chi connectivity index (χ0) is 15.0. The SMILES string of the molecule is C[C@H]1CCc2nc(NC(=O)c3ccc(Cl)cc3Cl)sc2C1. The van der Waals surface area contributed by atoms with Crippen LogP contribution in [0, 0.1) is 5.92 Å². The van der Waals surface area contributed by atoms with E-state index in [9.17, 15) is 4.79 Å². The topological polar surface area (TPSA) is 42.0 Å². The Hall–Kier alpha value is -1.10. The summed E-state index contributed by atoms with van der Waals surface area (Å²) in [6.07, 6.45) is 3.20. The van der Waals surface area contributed by atoms with Gasteiger partial charge in [-0.05, 0) is 43.4 Å². The highest BCUT2D eigenvalue weighted by Gasteiger charge is 2.21. The van der Waals surface area contributed by atoms with Gasteiger partial charge in [0, 0.05) is 9.90 Å². The number of aromatic nitrogens is 1. The van der Waals surface area contributed by atoms with Crippen molar-refractivity contribution in [2.24, 2.45) is 5.92 Å². The first-order valence-corrected chi connectivity index (χ1v) is 8.35. The Morgan fingerprint density at radius 1 is 1.43 bits per heavy atom. The lowest BCUT2D eigenvalue weighted by Crippen LogP contribution is -2.12. The van der Waals surface area contributed by atoms with E-state index in [4.69, 9.17) is 23.2 Å². The molecule has 3 rings (SSSR count). The van der Waals surface area contributed by atoms with Gasteiger partial charge in [0.1, 0.15) is 0 Å². The smallest absolute Gasteiger partial charge is 0.258 e. The van der Waals surface area contributed by atoms with E-state index in [0.717, 1.165) is 25.0 Å². The minimum Gasteiger partial charge on any atom is -0.298 e. The molecule has 1 atom stereocenters. The minimum atomic E-state index is -0.254. The van der Waals surface area contributed by atoms with Crippen molar-refractivity contribution >= 4 is 45.6 Å². The summed E-state index contributed by atoms with van der Waals surface area (Å²) in [5, 5.41) is 4.33. The fourth-order valence-corrected chi connectivity index (χ4v) is 4.09. The molecule has 0 saturated carbocycles. The third kappa shape index (κ3) is 3.23. The summed E-state index contributed by atoms with van der Waals surface area (Å²) in [5.41, 5.74) is 1.53. The van der Waals surface area contributed by atoms with Gasteiger partial charge in [-0.25, -0.2) is 4.98 Å². The fraction of sp³-hybridized carbons (Fsp3) is 0.333. The molecule has 3 nitrogen and oxygen atoms in total. The molecule has 0 bridgehead atoms. The molecule has 1 heterocycles. The van der Waals surface area contributed by atoms with Crippen molar-refractivity contribution in [3.8, 4) is 0 Å². The highest BCUT2D eigenvalue weighted by molar-refractivity contribution is 7.15. The first kappa shape index (κ1) is 14.8. The predicted molar refractivity (Wildman–Crippen MR) is 87.7 cm³/mol. The molecule has 1 aromatic carbocycles. The van der Waals surface area contributed by atoms with Crippen molar-refractivity contribution in [1.82, 2.24) is 4.98 Å². The van der Waals surface area contributed by atoms with Crippen LogP contribution >= 0.6 is 34.5 Å². The second kappa shape index (κ2) is 5.95. The lowest BCUT2D eigenvalue weighted by molar-refractivity contribution is 0.102. The monoisotopic (exact) mass is 340 g/mol. The predicted octanol–water partition coefficient (Wildman–Crippen LogP) is 4.83. The number of anilines is 1. The number of fused-ring (bicyclic) bond motifs is 1. The van der Waals surface area contributed by atoms with Crippen molar-refractivity contribution in [2.45, 2.75) is 26.2 Å². The Balaban J connectivity index is 1.79. The molecule has 1 N–H and O–H groups in total. The molecular formula is C15H14Cl2N2OS. The van der Waals surface area contributed by atoms with Crippen LogP contribution in [0.1, 0.15) is 34.3 Å². The number of aryl methyl sites for hydroxylation is 1. The number of rotatable bonds is 2. The van der Waals surface area contributed by atoms with Gasteiger partial charge in [-0.15, -0.1) is 11.3 Å². The Morgan fingerprint density at radius 2 is 2.24 bits per heavy atom. The van der Waals surface area contributed by atoms with Crippen LogP contribution in [-0.2, 0) is 12.8 Å². The van der Waals surface area contributed by atoms with Crippen molar-refractivity contribution in [1.29, 1.82) is 0 Å². The maximum atomic E-state index is 12.3. The molecule has 2 aromatic rings. The van der Waals surface area contributed by atoms with E-state index in [0.29, 0.717) is 26.7 Å². The van der Waals surface area contributed by atoms with E-state index in [1.165, 1.54) is 4.88 Å². The molecule has 110 valence electrons. The van der Waals surface area contributed by atoms with Crippen LogP contribution in [0.15, 0.2) is 18.2 Å². The maximum absolute atomic E-state index is 12.3. The molecule has 0 fully saturated rings. The van der Waals surface area contributed by atoms with Crippen molar-refractivity contribution in [3.63, 3.8) is 0 Å². The summed E-state index contributed by atoms with van der Waals surface area (Å²) in [6.45, 7) is 2.24. The van der Waals surface area contributed by atoms with Gasteiger partial charge >= 0.3 is 0 Å². The molecule has 0 aliphatic heterocycles. The summed E-state index contributed by atoms with van der Waals surface area (Å²) >= 11 is 13.4. The van der Waals surface area contributed by atoms with Crippen LogP contribution in [0.5, 0.6) is 0 Å². The summed E-state index contributed by atoms with van der Waals surface area (Å²) < 4.78 is 0. The lowest BCUT2D eigenvalue weighted by atomic mass is 9.93. The summed E-state index contributed by atoms with van der Waals surface area (Å²) in [7, 11) is 0. The van der Waals surface area contributed by atoms with Gasteiger partial charge in [0.2, 0.25) is 0 Å². The summed E-state index contributed by atoms with van der Waals surface area (Å²) in [6, 6.07) is 4.83. The van der Waals surface area contributed by atoms with Crippen LogP contribution in [0.2, 0.25) is 10.0 Å². The van der Waals surface area contributed by atoms with E-state index in [2.05, 4.69) is 17.2 Å². The van der Waals surface area contributed by atoms with Crippen LogP contribution < -0.4 is 5.32 Å². The van der Waals surface area contributed by atoms with Gasteiger partial charge < -0.3 is 0 Å². The van der Waals surface area contributed by atoms with Crippen LogP contribution in [0.4, 0.5) is 5.13 Å². The van der Waals surface area contributed by atoms with Crippen LogP contribution in [-0.4, -0.2) is 10.9 Å². The Kier molecular flexibility index (Phi) is 4.20. The molecule has 1 aromatic heterocycles. The molecule has 0 saturated heterocycles. The third-order valence-corrected chi connectivity index (χ3v) is 5.17. The van der Waals surface area contributed by atoms with Gasteiger partial charge in [0.05, 0.1) is 16.3 Å². The van der Waals surface area contributed by atoms with E-state index >= 15 is 0 Å². The number of carbonyl (C=O) groups excluding carboxylic acids is 1. The normalized spacial score (nSPS) is 17.4. The first-order chi connectivity index (χ1) is 10.0. The Morgan fingerprint density at radius 3 is 3.00 bits per heavy atom. The minimum absolute atomic E-state index is 0.254. The van der Waals surface area contributed by atoms with E-state index < -0.39 is 0 Å². The molecule has 21 heavy (non-hydrogen) atoms. The second-order valence-corrected chi connectivity index (χ2v) is 7.24. The van der Waals surface area contributed by atoms with Crippen molar-refractivity contribution < 1.29 is 4.79 Å². The average Bonchev–Trinajstić information content (AvgIpc) is 2.79. The Bertz CT molecular complexity index is 699. The molecular weight excluding hydrogens is 327 g/mol. The molecule has 1 amide bonds. The number of nitrogens with zero attached hydrogens (tertiary/aromatic N) is 1. The summed E-state index contributed by atoms with van der Waals surface area (Å²) in [5.74, 6) is 0.433. The Labute approximate surface area is 137 Å². The zero-order valence-corrected chi connectivity index (χ0v) is 13.8. The van der Waals surface area contributed by atoms with Crippen molar-refractivity contribution in [3.05, 3.63) is 44.4 Å². The number of thiazole rings is 1. The average molecular weight is 341 g/mol. The maximum Gasteiger partial charge on any atom is 0.258 e. The third-order valence-electron chi connectivity index (χ3n) is 3.58. The zero-order valence-electron chi connectivity index (χ0n) is 11.5. The number of hydrogen-bond acceptors (Lipinski definition) is 3. The summed E-state index contributed by atoms with van der Waals surface area (Å²) in [4.78, 5) is 18.1. The highest BCUT2D eigenvalue weighted by Crippen LogP contribution is 2.32.